The summed E-state index contributed by atoms with van der Waals surface area (Å²) in [5.41, 5.74) is 2.75. The van der Waals surface area contributed by atoms with Gasteiger partial charge in [0.2, 0.25) is 0 Å². The Morgan fingerprint density at radius 1 is 1.10 bits per heavy atom. The summed E-state index contributed by atoms with van der Waals surface area (Å²) in [6.45, 7) is 3.62. The highest BCUT2D eigenvalue weighted by Gasteiger charge is 2.08. The first-order valence-electron chi connectivity index (χ1n) is 6.35. The summed E-state index contributed by atoms with van der Waals surface area (Å²) in [6, 6.07) is 10.8. The van der Waals surface area contributed by atoms with E-state index in [0.717, 1.165) is 11.1 Å². The smallest absolute Gasteiger partial charge is 0.265 e. The highest BCUT2D eigenvalue weighted by molar-refractivity contribution is 5.77. The van der Waals surface area contributed by atoms with E-state index in [9.17, 15) is 9.90 Å². The Balaban J connectivity index is 2.30. The minimum atomic E-state index is -0.111. The number of phenolic OH excluding ortho intramolecular Hbond substituents is 1. The van der Waals surface area contributed by atoms with Crippen LogP contribution in [0.25, 0.3) is 16.6 Å². The molecule has 100 valence electrons. The van der Waals surface area contributed by atoms with Gasteiger partial charge in [-0.25, -0.2) is 4.98 Å². The van der Waals surface area contributed by atoms with Crippen molar-refractivity contribution in [2.75, 3.05) is 0 Å². The Morgan fingerprint density at radius 2 is 1.75 bits per heavy atom. The van der Waals surface area contributed by atoms with Gasteiger partial charge in [0.15, 0.2) is 0 Å². The lowest BCUT2D eigenvalue weighted by Crippen LogP contribution is -2.18. The van der Waals surface area contributed by atoms with Gasteiger partial charge < -0.3 is 5.11 Å². The Morgan fingerprint density at radius 3 is 2.45 bits per heavy atom. The molecule has 3 aromatic rings. The summed E-state index contributed by atoms with van der Waals surface area (Å²) in [7, 11) is 0. The molecule has 1 aromatic heterocycles. The molecular weight excluding hydrogens is 252 g/mol. The van der Waals surface area contributed by atoms with Crippen molar-refractivity contribution in [1.29, 1.82) is 0 Å². The van der Waals surface area contributed by atoms with Crippen molar-refractivity contribution in [2.45, 2.75) is 13.8 Å². The zero-order valence-corrected chi connectivity index (χ0v) is 11.3. The molecule has 0 fully saturated rings. The van der Waals surface area contributed by atoms with Crippen LogP contribution in [0.5, 0.6) is 5.75 Å². The van der Waals surface area contributed by atoms with Crippen molar-refractivity contribution in [2.24, 2.45) is 0 Å². The van der Waals surface area contributed by atoms with E-state index in [-0.39, 0.29) is 11.3 Å². The van der Waals surface area contributed by atoms with Gasteiger partial charge in [-0.1, -0.05) is 12.1 Å². The third kappa shape index (κ3) is 1.86. The molecule has 0 radical (unpaired) electrons. The fourth-order valence-corrected chi connectivity index (χ4v) is 2.33. The standard InChI is InChI=1S/C16H14N2O2/c1-10-7-12(8-11(2)15(10)19)18-9-17-14-6-4-3-5-13(14)16(18)20/h3-9,19H,1-2H3. The summed E-state index contributed by atoms with van der Waals surface area (Å²) in [5, 5.41) is 10.4. The molecule has 3 rings (SSSR count). The van der Waals surface area contributed by atoms with Crippen LogP contribution in [0, 0.1) is 13.8 Å². The predicted octanol–water partition coefficient (Wildman–Crippen LogP) is 2.71. The second-order valence-electron chi connectivity index (χ2n) is 4.87. The lowest BCUT2D eigenvalue weighted by atomic mass is 10.1. The highest BCUT2D eigenvalue weighted by atomic mass is 16.3. The van der Waals surface area contributed by atoms with E-state index in [2.05, 4.69) is 4.98 Å². The molecule has 0 amide bonds. The summed E-state index contributed by atoms with van der Waals surface area (Å²) in [4.78, 5) is 16.8. The van der Waals surface area contributed by atoms with E-state index >= 15 is 0 Å². The van der Waals surface area contributed by atoms with Crippen LogP contribution in [0.4, 0.5) is 0 Å². The van der Waals surface area contributed by atoms with Crippen molar-refractivity contribution < 1.29 is 5.11 Å². The first kappa shape index (κ1) is 12.4. The van der Waals surface area contributed by atoms with Crippen LogP contribution in [0.2, 0.25) is 0 Å². The number of rotatable bonds is 1. The third-order valence-electron chi connectivity index (χ3n) is 3.42. The second kappa shape index (κ2) is 4.49. The van der Waals surface area contributed by atoms with E-state index in [0.29, 0.717) is 16.6 Å². The lowest BCUT2D eigenvalue weighted by Gasteiger charge is -2.10. The lowest BCUT2D eigenvalue weighted by molar-refractivity contribution is 0.466. The molecule has 1 heterocycles. The van der Waals surface area contributed by atoms with Crippen molar-refractivity contribution in [3.63, 3.8) is 0 Å². The van der Waals surface area contributed by atoms with Gasteiger partial charge in [-0.15, -0.1) is 0 Å². The topological polar surface area (TPSA) is 55.1 Å². The molecular formula is C16H14N2O2. The number of hydrogen-bond donors (Lipinski definition) is 1. The number of para-hydroxylation sites is 1. The van der Waals surface area contributed by atoms with Crippen LogP contribution in [0.15, 0.2) is 47.5 Å². The van der Waals surface area contributed by atoms with Gasteiger partial charge in [0.1, 0.15) is 12.1 Å². The maximum atomic E-state index is 12.5. The van der Waals surface area contributed by atoms with Gasteiger partial charge in [-0.05, 0) is 49.2 Å². The Kier molecular flexibility index (Phi) is 2.79. The van der Waals surface area contributed by atoms with Crippen LogP contribution in [-0.2, 0) is 0 Å². The van der Waals surface area contributed by atoms with Gasteiger partial charge in [0.05, 0.1) is 16.6 Å². The molecule has 1 N–H and O–H groups in total. The predicted molar refractivity (Wildman–Crippen MR) is 78.5 cm³/mol. The quantitative estimate of drug-likeness (QED) is 0.736. The molecule has 0 spiro atoms. The zero-order valence-electron chi connectivity index (χ0n) is 11.3. The first-order chi connectivity index (χ1) is 9.58. The maximum absolute atomic E-state index is 12.5. The Hall–Kier alpha value is -2.62. The number of hydrogen-bond acceptors (Lipinski definition) is 3. The van der Waals surface area contributed by atoms with Crippen molar-refractivity contribution in [1.82, 2.24) is 9.55 Å². The van der Waals surface area contributed by atoms with Crippen LogP contribution in [0.1, 0.15) is 11.1 Å². The van der Waals surface area contributed by atoms with Crippen molar-refractivity contribution >= 4 is 10.9 Å². The Labute approximate surface area is 116 Å². The molecule has 4 nitrogen and oxygen atoms in total. The van der Waals surface area contributed by atoms with Gasteiger partial charge >= 0.3 is 0 Å². The number of benzene rings is 2. The van der Waals surface area contributed by atoms with E-state index in [1.165, 1.54) is 10.9 Å². The van der Waals surface area contributed by atoms with E-state index in [1.807, 2.05) is 32.0 Å². The minimum Gasteiger partial charge on any atom is -0.507 e. The summed E-state index contributed by atoms with van der Waals surface area (Å²) in [5.74, 6) is 0.260. The summed E-state index contributed by atoms with van der Waals surface area (Å²) < 4.78 is 1.50. The van der Waals surface area contributed by atoms with Crippen LogP contribution in [0.3, 0.4) is 0 Å². The van der Waals surface area contributed by atoms with E-state index < -0.39 is 0 Å². The molecule has 0 bridgehead atoms. The second-order valence-corrected chi connectivity index (χ2v) is 4.87. The molecule has 0 unspecified atom stereocenters. The number of aromatic nitrogens is 2. The number of nitrogens with zero attached hydrogens (tertiary/aromatic N) is 2. The van der Waals surface area contributed by atoms with Gasteiger partial charge in [-0.2, -0.15) is 0 Å². The maximum Gasteiger partial charge on any atom is 0.265 e. The van der Waals surface area contributed by atoms with E-state index in [1.54, 1.807) is 18.2 Å². The monoisotopic (exact) mass is 266 g/mol. The molecule has 0 aliphatic rings. The van der Waals surface area contributed by atoms with Crippen LogP contribution >= 0.6 is 0 Å². The fraction of sp³-hybridized carbons (Fsp3) is 0.125. The molecule has 0 saturated heterocycles. The number of phenols is 1. The van der Waals surface area contributed by atoms with Gasteiger partial charge in [0, 0.05) is 0 Å². The molecule has 2 aromatic carbocycles. The van der Waals surface area contributed by atoms with Crippen LogP contribution < -0.4 is 5.56 Å². The molecule has 0 aliphatic carbocycles. The normalized spacial score (nSPS) is 10.9. The highest BCUT2D eigenvalue weighted by Crippen LogP contribution is 2.24. The molecule has 0 atom stereocenters. The van der Waals surface area contributed by atoms with Crippen molar-refractivity contribution in [3.05, 3.63) is 64.2 Å². The molecule has 0 aliphatic heterocycles. The third-order valence-corrected chi connectivity index (χ3v) is 3.42. The number of aryl methyl sites for hydroxylation is 2. The Bertz CT molecular complexity index is 843. The first-order valence-corrected chi connectivity index (χ1v) is 6.35. The average molecular weight is 266 g/mol. The van der Waals surface area contributed by atoms with Crippen molar-refractivity contribution in [3.8, 4) is 11.4 Å². The minimum absolute atomic E-state index is 0.111. The number of aromatic hydroxyl groups is 1. The fourth-order valence-electron chi connectivity index (χ4n) is 2.33. The molecule has 4 heteroatoms. The zero-order chi connectivity index (χ0) is 14.3. The molecule has 0 saturated carbocycles. The summed E-state index contributed by atoms with van der Waals surface area (Å²) in [6.07, 6.45) is 1.52. The van der Waals surface area contributed by atoms with Gasteiger partial charge in [0.25, 0.3) is 5.56 Å². The van der Waals surface area contributed by atoms with Crippen LogP contribution in [-0.4, -0.2) is 14.7 Å². The molecule has 20 heavy (non-hydrogen) atoms. The number of fused-ring (bicyclic) bond motifs is 1. The van der Waals surface area contributed by atoms with Gasteiger partial charge in [-0.3, -0.25) is 9.36 Å². The largest absolute Gasteiger partial charge is 0.507 e. The van der Waals surface area contributed by atoms with E-state index in [4.69, 9.17) is 0 Å². The SMILES string of the molecule is Cc1cc(-n2cnc3ccccc3c2=O)cc(C)c1O. The summed E-state index contributed by atoms with van der Waals surface area (Å²) >= 11 is 0. The average Bonchev–Trinajstić information content (AvgIpc) is 2.45.